The minimum absolute atomic E-state index is 0.0886. The first-order chi connectivity index (χ1) is 6.15. The molecular formula is C7H10N2O4. The summed E-state index contributed by atoms with van der Waals surface area (Å²) < 4.78 is 4.59. The van der Waals surface area contributed by atoms with Crippen molar-refractivity contribution in [2.45, 2.75) is 13.0 Å². The van der Waals surface area contributed by atoms with Crippen molar-refractivity contribution in [3.8, 4) is 0 Å². The van der Waals surface area contributed by atoms with Crippen molar-refractivity contribution in [1.82, 2.24) is 10.6 Å². The molecule has 6 nitrogen and oxygen atoms in total. The molecule has 13 heavy (non-hydrogen) atoms. The van der Waals surface area contributed by atoms with Crippen molar-refractivity contribution in [2.24, 2.45) is 0 Å². The molecule has 0 aromatic heterocycles. The van der Waals surface area contributed by atoms with Gasteiger partial charge in [0, 0.05) is 0 Å². The fraction of sp³-hybridized carbons (Fsp3) is 0.571. The Morgan fingerprint density at radius 3 is 2.92 bits per heavy atom. The fourth-order valence-electron chi connectivity index (χ4n) is 0.939. The normalized spacial score (nSPS) is 21.8. The summed E-state index contributed by atoms with van der Waals surface area (Å²) in [5.41, 5.74) is 0. The smallest absolute Gasteiger partial charge is 0.338 e. The van der Waals surface area contributed by atoms with E-state index in [4.69, 9.17) is 0 Å². The van der Waals surface area contributed by atoms with E-state index in [1.54, 1.807) is 6.92 Å². The highest BCUT2D eigenvalue weighted by Crippen LogP contribution is 1.94. The molecule has 1 atom stereocenters. The van der Waals surface area contributed by atoms with E-state index in [1.165, 1.54) is 0 Å². The lowest BCUT2D eigenvalue weighted by atomic mass is 10.2. The molecule has 0 spiro atoms. The molecule has 6 heteroatoms. The summed E-state index contributed by atoms with van der Waals surface area (Å²) in [5, 5.41) is 4.49. The zero-order valence-corrected chi connectivity index (χ0v) is 7.12. The number of hydrogen-bond donors (Lipinski definition) is 2. The van der Waals surface area contributed by atoms with Crippen LogP contribution in [0, 0.1) is 0 Å². The largest absolute Gasteiger partial charge is 0.464 e. The molecule has 1 fully saturated rings. The van der Waals surface area contributed by atoms with Crippen LogP contribution in [0.15, 0.2) is 0 Å². The topological polar surface area (TPSA) is 84.5 Å². The van der Waals surface area contributed by atoms with Crippen molar-refractivity contribution >= 4 is 17.8 Å². The Morgan fingerprint density at radius 2 is 2.31 bits per heavy atom. The summed E-state index contributed by atoms with van der Waals surface area (Å²) in [5.74, 6) is -1.65. The van der Waals surface area contributed by atoms with Crippen molar-refractivity contribution in [3.63, 3.8) is 0 Å². The van der Waals surface area contributed by atoms with Crippen LogP contribution in [0.3, 0.4) is 0 Å². The molecule has 0 saturated carbocycles. The van der Waals surface area contributed by atoms with Crippen LogP contribution in [0.1, 0.15) is 6.92 Å². The van der Waals surface area contributed by atoms with E-state index >= 15 is 0 Å². The van der Waals surface area contributed by atoms with Crippen LogP contribution >= 0.6 is 0 Å². The molecule has 1 saturated heterocycles. The van der Waals surface area contributed by atoms with Crippen LogP contribution in [0.2, 0.25) is 0 Å². The molecule has 0 aliphatic carbocycles. The number of hydrogen-bond acceptors (Lipinski definition) is 4. The molecular weight excluding hydrogens is 176 g/mol. The Morgan fingerprint density at radius 1 is 1.62 bits per heavy atom. The third-order valence-electron chi connectivity index (χ3n) is 1.51. The van der Waals surface area contributed by atoms with Gasteiger partial charge in [0.25, 0.3) is 5.91 Å². The van der Waals surface area contributed by atoms with Gasteiger partial charge in [-0.2, -0.15) is 0 Å². The van der Waals surface area contributed by atoms with Crippen LogP contribution in [-0.2, 0) is 19.1 Å². The molecule has 72 valence electrons. The van der Waals surface area contributed by atoms with Crippen LogP contribution in [0.25, 0.3) is 0 Å². The minimum Gasteiger partial charge on any atom is -0.464 e. The average Bonchev–Trinajstić information content (AvgIpc) is 2.09. The zero-order valence-electron chi connectivity index (χ0n) is 7.12. The van der Waals surface area contributed by atoms with Crippen molar-refractivity contribution in [1.29, 1.82) is 0 Å². The van der Waals surface area contributed by atoms with Gasteiger partial charge in [-0.25, -0.2) is 4.79 Å². The van der Waals surface area contributed by atoms with Gasteiger partial charge in [-0.15, -0.1) is 0 Å². The Labute approximate surface area is 74.6 Å². The molecule has 0 unspecified atom stereocenters. The number of carbonyl (C=O) groups excluding carboxylic acids is 3. The Balaban J connectivity index is 2.60. The second-order valence-corrected chi connectivity index (χ2v) is 2.47. The zero-order chi connectivity index (χ0) is 9.84. The predicted octanol–water partition coefficient (Wildman–Crippen LogP) is -1.84. The summed E-state index contributed by atoms with van der Waals surface area (Å²) in [4.78, 5) is 32.9. The number of piperazine rings is 1. The first-order valence-electron chi connectivity index (χ1n) is 3.89. The maximum Gasteiger partial charge on any atom is 0.338 e. The van der Waals surface area contributed by atoms with Crippen molar-refractivity contribution in [3.05, 3.63) is 0 Å². The highest BCUT2D eigenvalue weighted by Gasteiger charge is 2.33. The van der Waals surface area contributed by atoms with Crippen LogP contribution in [-0.4, -0.2) is 37.0 Å². The molecule has 1 rings (SSSR count). The molecule has 2 N–H and O–H groups in total. The molecule has 0 aromatic rings. The van der Waals surface area contributed by atoms with Crippen molar-refractivity contribution in [2.75, 3.05) is 13.2 Å². The lowest BCUT2D eigenvalue weighted by Gasteiger charge is -2.21. The summed E-state index contributed by atoms with van der Waals surface area (Å²) >= 11 is 0. The lowest BCUT2D eigenvalue weighted by Crippen LogP contribution is -2.59. The van der Waals surface area contributed by atoms with E-state index in [-0.39, 0.29) is 13.2 Å². The van der Waals surface area contributed by atoms with Crippen LogP contribution in [0.5, 0.6) is 0 Å². The molecule has 1 aliphatic rings. The SMILES string of the molecule is CCOC(=O)[C@@H]1NC(=O)CNC1=O. The predicted molar refractivity (Wildman–Crippen MR) is 41.6 cm³/mol. The van der Waals surface area contributed by atoms with E-state index in [0.717, 1.165) is 0 Å². The van der Waals surface area contributed by atoms with Crippen LogP contribution < -0.4 is 10.6 Å². The third-order valence-corrected chi connectivity index (χ3v) is 1.51. The Bertz CT molecular complexity index is 251. The molecule has 0 radical (unpaired) electrons. The lowest BCUT2D eigenvalue weighted by molar-refractivity contribution is -0.152. The maximum absolute atomic E-state index is 11.1. The van der Waals surface area contributed by atoms with Gasteiger partial charge in [0.15, 0.2) is 0 Å². The van der Waals surface area contributed by atoms with Gasteiger partial charge < -0.3 is 15.4 Å². The summed E-state index contributed by atoms with van der Waals surface area (Å²) in [6.07, 6.45) is 0. The monoisotopic (exact) mass is 186 g/mol. The van der Waals surface area contributed by atoms with E-state index in [1.807, 2.05) is 0 Å². The number of esters is 1. The third kappa shape index (κ3) is 2.17. The summed E-state index contributed by atoms with van der Waals surface area (Å²) in [6, 6.07) is -1.19. The maximum atomic E-state index is 11.1. The second kappa shape index (κ2) is 3.88. The number of amides is 2. The molecule has 0 aromatic carbocycles. The molecule has 0 bridgehead atoms. The summed E-state index contributed by atoms with van der Waals surface area (Å²) in [7, 11) is 0. The number of nitrogens with one attached hydrogen (secondary N) is 2. The quantitative estimate of drug-likeness (QED) is 0.392. The number of rotatable bonds is 2. The number of carbonyl (C=O) groups is 3. The van der Waals surface area contributed by atoms with Crippen molar-refractivity contribution < 1.29 is 19.1 Å². The van der Waals surface area contributed by atoms with E-state index in [0.29, 0.717) is 0 Å². The minimum atomic E-state index is -1.19. The molecule has 1 heterocycles. The van der Waals surface area contributed by atoms with Gasteiger partial charge in [-0.05, 0) is 6.92 Å². The van der Waals surface area contributed by atoms with E-state index in [2.05, 4.69) is 15.4 Å². The fourth-order valence-corrected chi connectivity index (χ4v) is 0.939. The van der Waals surface area contributed by atoms with E-state index < -0.39 is 23.8 Å². The van der Waals surface area contributed by atoms with Gasteiger partial charge in [-0.3, -0.25) is 9.59 Å². The first-order valence-corrected chi connectivity index (χ1v) is 3.89. The number of ether oxygens (including phenoxy) is 1. The summed E-state index contributed by atoms with van der Waals surface area (Å²) in [6.45, 7) is 1.72. The average molecular weight is 186 g/mol. The van der Waals surface area contributed by atoms with Gasteiger partial charge in [0.05, 0.1) is 13.2 Å². The van der Waals surface area contributed by atoms with Gasteiger partial charge >= 0.3 is 5.97 Å². The highest BCUT2D eigenvalue weighted by molar-refractivity contribution is 6.08. The Kier molecular flexibility index (Phi) is 2.84. The van der Waals surface area contributed by atoms with E-state index in [9.17, 15) is 14.4 Å². The second-order valence-electron chi connectivity index (χ2n) is 2.47. The first kappa shape index (κ1) is 9.50. The molecule has 1 aliphatic heterocycles. The highest BCUT2D eigenvalue weighted by atomic mass is 16.5. The van der Waals surface area contributed by atoms with Gasteiger partial charge in [-0.1, -0.05) is 0 Å². The Hall–Kier alpha value is -1.59. The molecule has 2 amide bonds. The van der Waals surface area contributed by atoms with Gasteiger partial charge in [0.1, 0.15) is 0 Å². The van der Waals surface area contributed by atoms with Crippen LogP contribution in [0.4, 0.5) is 0 Å². The standard InChI is InChI=1S/C7H10N2O4/c1-2-13-7(12)5-6(11)8-3-4(10)9-5/h5H,2-3H2,1H3,(H,8,11)(H,9,10)/t5-/m1/s1. The van der Waals surface area contributed by atoms with Gasteiger partial charge in [0.2, 0.25) is 11.9 Å².